The van der Waals surface area contributed by atoms with E-state index in [1.165, 1.54) is 6.08 Å². The summed E-state index contributed by atoms with van der Waals surface area (Å²) in [5.74, 6) is -0.662. The van der Waals surface area contributed by atoms with Gasteiger partial charge in [-0.05, 0) is 56.4 Å². The van der Waals surface area contributed by atoms with Crippen LogP contribution >= 0.6 is 35.4 Å². The largest absolute Gasteiger partial charge is 0.496 e. The second kappa shape index (κ2) is 9.68. The maximum Gasteiger partial charge on any atom is 0.270 e. The molecule has 1 aliphatic heterocycles. The number of nitrogens with zero attached hydrogens (tertiary/aromatic N) is 2. The monoisotopic (exact) mass is 477 g/mol. The average Bonchev–Trinajstić information content (AvgIpc) is 2.75. The number of carbonyl (C=O) groups is 2. The maximum absolute atomic E-state index is 13.2. The van der Waals surface area contributed by atoms with Crippen molar-refractivity contribution in [3.05, 3.63) is 57.6 Å². The molecule has 1 saturated heterocycles. The molecule has 0 unspecified atom stereocenters. The molecule has 1 N–H and O–H groups in total. The first-order chi connectivity index (χ1) is 14.8. The van der Waals surface area contributed by atoms with E-state index in [4.69, 9.17) is 40.2 Å². The molecule has 0 spiro atoms. The molecule has 31 heavy (non-hydrogen) atoms. The summed E-state index contributed by atoms with van der Waals surface area (Å²) >= 11 is 17.6. The smallest absolute Gasteiger partial charge is 0.270 e. The Morgan fingerprint density at radius 2 is 1.87 bits per heavy atom. The minimum atomic E-state index is -0.604. The van der Waals surface area contributed by atoms with Crippen molar-refractivity contribution in [1.29, 1.82) is 0 Å². The van der Waals surface area contributed by atoms with E-state index in [1.54, 1.807) is 25.3 Å². The summed E-state index contributed by atoms with van der Waals surface area (Å²) in [7, 11) is 1.54. The summed E-state index contributed by atoms with van der Waals surface area (Å²) in [6, 6.07) is 10.5. The fraction of sp³-hybridized carbons (Fsp3) is 0.227. The topological polar surface area (TPSA) is 61.9 Å². The Kier molecular flexibility index (Phi) is 7.20. The molecule has 3 rings (SSSR count). The number of hydrogen-bond acceptors (Lipinski definition) is 5. The van der Waals surface area contributed by atoms with Gasteiger partial charge in [0.15, 0.2) is 5.11 Å². The van der Waals surface area contributed by atoms with Gasteiger partial charge in [0, 0.05) is 30.4 Å². The number of rotatable bonds is 6. The van der Waals surface area contributed by atoms with Gasteiger partial charge in [-0.15, -0.1) is 0 Å². The SMILES string of the molecule is CCN(CC)c1ccc(/C=C2\C(=O)NC(=S)N(c3cccc(Cl)c3Cl)C2=O)c(OC)c1. The molecule has 0 saturated carbocycles. The van der Waals surface area contributed by atoms with Crippen LogP contribution in [0.1, 0.15) is 19.4 Å². The van der Waals surface area contributed by atoms with E-state index in [-0.39, 0.29) is 20.7 Å². The summed E-state index contributed by atoms with van der Waals surface area (Å²) in [6.07, 6.45) is 1.48. The van der Waals surface area contributed by atoms with Crippen molar-refractivity contribution in [3.63, 3.8) is 0 Å². The van der Waals surface area contributed by atoms with Gasteiger partial charge in [0.2, 0.25) is 0 Å². The molecule has 1 fully saturated rings. The van der Waals surface area contributed by atoms with Gasteiger partial charge in [0.25, 0.3) is 11.8 Å². The van der Waals surface area contributed by atoms with Crippen LogP contribution in [0.2, 0.25) is 10.0 Å². The molecule has 0 atom stereocenters. The molecule has 162 valence electrons. The molecule has 2 aromatic carbocycles. The van der Waals surface area contributed by atoms with Crippen molar-refractivity contribution in [2.75, 3.05) is 30.0 Å². The van der Waals surface area contributed by atoms with Gasteiger partial charge >= 0.3 is 0 Å². The van der Waals surface area contributed by atoms with Crippen LogP contribution in [-0.4, -0.2) is 37.1 Å². The third kappa shape index (κ3) is 4.54. The van der Waals surface area contributed by atoms with Crippen molar-refractivity contribution in [2.45, 2.75) is 13.8 Å². The lowest BCUT2D eigenvalue weighted by Gasteiger charge is -2.29. The lowest BCUT2D eigenvalue weighted by atomic mass is 10.1. The highest BCUT2D eigenvalue weighted by Gasteiger charge is 2.36. The maximum atomic E-state index is 13.2. The van der Waals surface area contributed by atoms with Gasteiger partial charge in [-0.3, -0.25) is 19.8 Å². The van der Waals surface area contributed by atoms with Crippen molar-refractivity contribution < 1.29 is 14.3 Å². The first-order valence-electron chi connectivity index (χ1n) is 9.60. The van der Waals surface area contributed by atoms with Crippen LogP contribution in [0.3, 0.4) is 0 Å². The Balaban J connectivity index is 2.05. The van der Waals surface area contributed by atoms with Gasteiger partial charge in [0.05, 0.1) is 22.8 Å². The number of amides is 2. The fourth-order valence-electron chi connectivity index (χ4n) is 3.30. The van der Waals surface area contributed by atoms with Crippen LogP contribution in [0.4, 0.5) is 11.4 Å². The van der Waals surface area contributed by atoms with Crippen molar-refractivity contribution in [1.82, 2.24) is 5.32 Å². The number of halogens is 2. The van der Waals surface area contributed by atoms with Crippen molar-refractivity contribution in [2.24, 2.45) is 0 Å². The second-order valence-electron chi connectivity index (χ2n) is 6.63. The lowest BCUT2D eigenvalue weighted by molar-refractivity contribution is -0.122. The van der Waals surface area contributed by atoms with Crippen LogP contribution < -0.4 is 19.9 Å². The molecule has 2 amide bonds. The number of methoxy groups -OCH3 is 1. The van der Waals surface area contributed by atoms with Gasteiger partial charge in [-0.25, -0.2) is 0 Å². The molecule has 6 nitrogen and oxygen atoms in total. The third-order valence-corrected chi connectivity index (χ3v) is 6.01. The summed E-state index contributed by atoms with van der Waals surface area (Å²) in [5.41, 5.74) is 1.76. The van der Waals surface area contributed by atoms with Crippen molar-refractivity contribution in [3.8, 4) is 5.75 Å². The summed E-state index contributed by atoms with van der Waals surface area (Å²) < 4.78 is 5.51. The highest BCUT2D eigenvalue weighted by atomic mass is 35.5. The van der Waals surface area contributed by atoms with Crippen molar-refractivity contribution >= 4 is 69.8 Å². The predicted molar refractivity (Wildman–Crippen MR) is 129 cm³/mol. The van der Waals surface area contributed by atoms with Crippen LogP contribution in [-0.2, 0) is 9.59 Å². The van der Waals surface area contributed by atoms with E-state index in [1.807, 2.05) is 18.2 Å². The van der Waals surface area contributed by atoms with E-state index < -0.39 is 11.8 Å². The Labute approximate surface area is 196 Å². The van der Waals surface area contributed by atoms with Gasteiger partial charge in [0.1, 0.15) is 11.3 Å². The fourth-order valence-corrected chi connectivity index (χ4v) is 3.96. The minimum absolute atomic E-state index is 0.0693. The van der Waals surface area contributed by atoms with Crippen LogP contribution in [0.25, 0.3) is 6.08 Å². The number of carbonyl (C=O) groups excluding carboxylic acids is 2. The van der Waals surface area contributed by atoms with Gasteiger partial charge < -0.3 is 9.64 Å². The Morgan fingerprint density at radius 3 is 2.52 bits per heavy atom. The van der Waals surface area contributed by atoms with Crippen LogP contribution in [0, 0.1) is 0 Å². The van der Waals surface area contributed by atoms with Gasteiger partial charge in [-0.1, -0.05) is 29.3 Å². The minimum Gasteiger partial charge on any atom is -0.496 e. The van der Waals surface area contributed by atoms with E-state index in [0.29, 0.717) is 17.0 Å². The first-order valence-corrected chi connectivity index (χ1v) is 10.8. The van der Waals surface area contributed by atoms with E-state index in [9.17, 15) is 9.59 Å². The normalized spacial score (nSPS) is 15.3. The Bertz CT molecular complexity index is 1080. The lowest BCUT2D eigenvalue weighted by Crippen LogP contribution is -2.54. The van der Waals surface area contributed by atoms with E-state index >= 15 is 0 Å². The Morgan fingerprint density at radius 1 is 1.16 bits per heavy atom. The molecule has 0 aliphatic carbocycles. The predicted octanol–water partition coefficient (Wildman–Crippen LogP) is 4.68. The van der Waals surface area contributed by atoms with E-state index in [0.717, 1.165) is 23.7 Å². The number of ether oxygens (including phenoxy) is 1. The zero-order valence-electron chi connectivity index (χ0n) is 17.2. The average molecular weight is 478 g/mol. The Hall–Kier alpha value is -2.61. The molecule has 0 bridgehead atoms. The number of thiocarbonyl (C=S) groups is 1. The zero-order chi connectivity index (χ0) is 22.7. The molecule has 1 heterocycles. The van der Waals surface area contributed by atoms with E-state index in [2.05, 4.69) is 24.1 Å². The third-order valence-electron chi connectivity index (χ3n) is 4.92. The van der Waals surface area contributed by atoms with Gasteiger partial charge in [-0.2, -0.15) is 0 Å². The zero-order valence-corrected chi connectivity index (χ0v) is 19.6. The summed E-state index contributed by atoms with van der Waals surface area (Å²) in [4.78, 5) is 29.2. The highest BCUT2D eigenvalue weighted by molar-refractivity contribution is 7.80. The number of benzene rings is 2. The standard InChI is InChI=1S/C22H21Cl2N3O3S/c1-4-26(5-2)14-10-9-13(18(12-14)30-3)11-15-20(28)25-22(31)27(21(15)29)17-8-6-7-16(23)19(17)24/h6-12H,4-5H2,1-3H3,(H,25,28,31)/b15-11+. The molecular weight excluding hydrogens is 457 g/mol. The molecule has 2 aromatic rings. The first kappa shape index (κ1) is 23.1. The molecule has 0 radical (unpaired) electrons. The summed E-state index contributed by atoms with van der Waals surface area (Å²) in [5, 5.41) is 2.90. The summed E-state index contributed by atoms with van der Waals surface area (Å²) in [6.45, 7) is 5.81. The molecule has 9 heteroatoms. The molecular formula is C22H21Cl2N3O3S. The number of anilines is 2. The molecule has 1 aliphatic rings. The second-order valence-corrected chi connectivity index (χ2v) is 7.80. The quantitative estimate of drug-likeness (QED) is 0.371. The van der Waals surface area contributed by atoms with Crippen LogP contribution in [0.5, 0.6) is 5.75 Å². The number of nitrogens with one attached hydrogen (secondary N) is 1. The van der Waals surface area contributed by atoms with Crippen LogP contribution in [0.15, 0.2) is 42.0 Å². The number of hydrogen-bond donors (Lipinski definition) is 1. The highest BCUT2D eigenvalue weighted by Crippen LogP contribution is 2.35. The molecule has 0 aromatic heterocycles.